The highest BCUT2D eigenvalue weighted by Crippen LogP contribution is 2.34. The van der Waals surface area contributed by atoms with Gasteiger partial charge >= 0.3 is 0 Å². The molecule has 0 unspecified atom stereocenters. The minimum atomic E-state index is -0.721. The van der Waals surface area contributed by atoms with Gasteiger partial charge in [-0.1, -0.05) is 37.3 Å². The molecule has 5 N–H and O–H groups in total. The third kappa shape index (κ3) is 5.48. The summed E-state index contributed by atoms with van der Waals surface area (Å²) < 4.78 is 7.78. The summed E-state index contributed by atoms with van der Waals surface area (Å²) in [5.74, 6) is 1.65. The SMILES string of the molecule is CCC(CO)(CO)CNC(=O)CCn1cc(-c2ccc(Oc3ccccc3)cc2)c2c(N)ncnc21. The van der Waals surface area contributed by atoms with Crippen molar-refractivity contribution in [3.05, 3.63) is 67.1 Å². The molecular formula is C27H31N5O4. The maximum atomic E-state index is 12.5. The number of nitrogens with one attached hydrogen (secondary N) is 1. The van der Waals surface area contributed by atoms with Crippen molar-refractivity contribution in [1.82, 2.24) is 19.9 Å². The number of aliphatic hydroxyl groups excluding tert-OH is 2. The smallest absolute Gasteiger partial charge is 0.221 e. The standard InChI is InChI=1S/C27H31N5O4/c1-2-27(16-33,17-34)15-29-23(35)12-13-32-14-22(24-25(28)30-18-31-26(24)32)19-8-10-21(11-9-19)36-20-6-4-3-5-7-20/h3-11,14,18,33-34H,2,12-13,15-17H2,1H3,(H,29,35)(H2,28,30,31). The number of rotatable bonds is 11. The molecule has 36 heavy (non-hydrogen) atoms. The molecule has 4 aromatic rings. The summed E-state index contributed by atoms with van der Waals surface area (Å²) in [6, 6.07) is 17.2. The van der Waals surface area contributed by atoms with Crippen LogP contribution in [0.15, 0.2) is 67.1 Å². The number of hydrogen-bond donors (Lipinski definition) is 4. The highest BCUT2D eigenvalue weighted by molar-refractivity contribution is 6.00. The summed E-state index contributed by atoms with van der Waals surface area (Å²) in [5, 5.41) is 22.7. The van der Waals surface area contributed by atoms with Crippen molar-refractivity contribution in [2.45, 2.75) is 26.3 Å². The molecule has 0 aliphatic carbocycles. The van der Waals surface area contributed by atoms with Crippen LogP contribution in [0.25, 0.3) is 22.2 Å². The Balaban J connectivity index is 1.51. The second-order valence-corrected chi connectivity index (χ2v) is 8.83. The molecule has 0 bridgehead atoms. The molecule has 0 atom stereocenters. The van der Waals surface area contributed by atoms with Gasteiger partial charge in [0.05, 0.1) is 18.6 Å². The zero-order valence-corrected chi connectivity index (χ0v) is 20.2. The Hall–Kier alpha value is -3.95. The lowest BCUT2D eigenvalue weighted by Crippen LogP contribution is -2.42. The van der Waals surface area contributed by atoms with Gasteiger partial charge in [-0.2, -0.15) is 0 Å². The number of fused-ring (bicyclic) bond motifs is 1. The van der Waals surface area contributed by atoms with Gasteiger partial charge in [0.15, 0.2) is 0 Å². The molecule has 0 saturated carbocycles. The Morgan fingerprint density at radius 1 is 1.06 bits per heavy atom. The summed E-state index contributed by atoms with van der Waals surface area (Å²) in [7, 11) is 0. The molecule has 9 nitrogen and oxygen atoms in total. The lowest BCUT2D eigenvalue weighted by Gasteiger charge is -2.28. The van der Waals surface area contributed by atoms with Crippen LogP contribution in [0.5, 0.6) is 11.5 Å². The van der Waals surface area contributed by atoms with Gasteiger partial charge in [0, 0.05) is 36.7 Å². The summed E-state index contributed by atoms with van der Waals surface area (Å²) >= 11 is 0. The molecule has 0 spiro atoms. The van der Waals surface area contributed by atoms with E-state index in [4.69, 9.17) is 10.5 Å². The van der Waals surface area contributed by atoms with Gasteiger partial charge in [-0.25, -0.2) is 9.97 Å². The third-order valence-electron chi connectivity index (χ3n) is 6.49. The van der Waals surface area contributed by atoms with E-state index < -0.39 is 5.41 Å². The Morgan fingerprint density at radius 3 is 2.42 bits per heavy atom. The number of nitrogens with two attached hydrogens (primary N) is 1. The second-order valence-electron chi connectivity index (χ2n) is 8.83. The number of hydrogen-bond acceptors (Lipinski definition) is 7. The van der Waals surface area contributed by atoms with E-state index in [1.807, 2.05) is 72.3 Å². The van der Waals surface area contributed by atoms with E-state index in [0.717, 1.165) is 22.3 Å². The quantitative estimate of drug-likeness (QED) is 0.254. The maximum Gasteiger partial charge on any atom is 0.221 e. The Labute approximate surface area is 209 Å². The average Bonchev–Trinajstić information content (AvgIpc) is 3.29. The molecule has 9 heteroatoms. The monoisotopic (exact) mass is 489 g/mol. The van der Waals surface area contributed by atoms with E-state index >= 15 is 0 Å². The summed E-state index contributed by atoms with van der Waals surface area (Å²) in [6.07, 6.45) is 4.09. The van der Waals surface area contributed by atoms with E-state index in [-0.39, 0.29) is 32.1 Å². The van der Waals surface area contributed by atoms with Gasteiger partial charge in [0.1, 0.15) is 29.3 Å². The largest absolute Gasteiger partial charge is 0.457 e. The lowest BCUT2D eigenvalue weighted by molar-refractivity contribution is -0.122. The van der Waals surface area contributed by atoms with Crippen molar-refractivity contribution in [3.8, 4) is 22.6 Å². The van der Waals surface area contributed by atoms with Crippen LogP contribution in [0.1, 0.15) is 19.8 Å². The number of nitrogens with zero attached hydrogens (tertiary/aromatic N) is 3. The molecule has 0 aliphatic heterocycles. The lowest BCUT2D eigenvalue weighted by atomic mass is 9.87. The van der Waals surface area contributed by atoms with Gasteiger partial charge < -0.3 is 30.6 Å². The number of aliphatic hydroxyl groups is 2. The first-order chi connectivity index (χ1) is 17.5. The number of carbonyl (C=O) groups is 1. The van der Waals surface area contributed by atoms with Crippen molar-refractivity contribution in [1.29, 1.82) is 0 Å². The summed E-state index contributed by atoms with van der Waals surface area (Å²) in [6.45, 7) is 2.07. The third-order valence-corrected chi connectivity index (χ3v) is 6.49. The van der Waals surface area contributed by atoms with E-state index in [1.165, 1.54) is 6.33 Å². The number of carbonyl (C=O) groups excluding carboxylic acids is 1. The van der Waals surface area contributed by atoms with E-state index in [2.05, 4.69) is 15.3 Å². The summed E-state index contributed by atoms with van der Waals surface area (Å²) in [5.41, 5.74) is 7.92. The first kappa shape index (κ1) is 25.2. The van der Waals surface area contributed by atoms with Crippen LogP contribution < -0.4 is 15.8 Å². The Bertz CT molecular complexity index is 1290. The van der Waals surface area contributed by atoms with Crippen LogP contribution in [-0.2, 0) is 11.3 Å². The van der Waals surface area contributed by atoms with E-state index in [1.54, 1.807) is 0 Å². The number of amides is 1. The highest BCUT2D eigenvalue weighted by atomic mass is 16.5. The van der Waals surface area contributed by atoms with Gasteiger partial charge in [-0.05, 0) is 36.2 Å². The second kappa shape index (κ2) is 11.2. The minimum Gasteiger partial charge on any atom is -0.457 e. The Morgan fingerprint density at radius 2 is 1.75 bits per heavy atom. The predicted octanol–water partition coefficient (Wildman–Crippen LogP) is 3.36. The topological polar surface area (TPSA) is 136 Å². The first-order valence-electron chi connectivity index (χ1n) is 11.9. The number of aromatic nitrogens is 3. The van der Waals surface area contributed by atoms with Crippen LogP contribution in [0.4, 0.5) is 5.82 Å². The van der Waals surface area contributed by atoms with Gasteiger partial charge in [-0.15, -0.1) is 0 Å². The molecule has 2 heterocycles. The normalized spacial score (nSPS) is 11.5. The van der Waals surface area contributed by atoms with E-state index in [9.17, 15) is 15.0 Å². The molecular weight excluding hydrogens is 458 g/mol. The predicted molar refractivity (Wildman–Crippen MR) is 138 cm³/mol. The fraction of sp³-hybridized carbons (Fsp3) is 0.296. The first-order valence-corrected chi connectivity index (χ1v) is 11.9. The fourth-order valence-electron chi connectivity index (χ4n) is 3.97. The molecule has 0 fully saturated rings. The molecule has 0 saturated heterocycles. The number of nitrogen functional groups attached to an aromatic ring is 1. The number of aryl methyl sites for hydroxylation is 1. The molecule has 188 valence electrons. The van der Waals surface area contributed by atoms with Crippen LogP contribution in [-0.4, -0.2) is 50.4 Å². The molecule has 2 aromatic heterocycles. The van der Waals surface area contributed by atoms with Crippen LogP contribution >= 0.6 is 0 Å². The van der Waals surface area contributed by atoms with Crippen molar-refractivity contribution in [2.24, 2.45) is 5.41 Å². The molecule has 4 rings (SSSR count). The molecule has 1 amide bonds. The Kier molecular flexibility index (Phi) is 7.82. The maximum absolute atomic E-state index is 12.5. The molecule has 0 radical (unpaired) electrons. The molecule has 0 aliphatic rings. The van der Waals surface area contributed by atoms with Gasteiger partial charge in [0.2, 0.25) is 5.91 Å². The number of benzene rings is 2. The van der Waals surface area contributed by atoms with Crippen LogP contribution in [0, 0.1) is 5.41 Å². The average molecular weight is 490 g/mol. The fourth-order valence-corrected chi connectivity index (χ4v) is 3.97. The van der Waals surface area contributed by atoms with Gasteiger partial charge in [-0.3, -0.25) is 4.79 Å². The van der Waals surface area contributed by atoms with Crippen LogP contribution in [0.2, 0.25) is 0 Å². The van der Waals surface area contributed by atoms with Crippen molar-refractivity contribution in [3.63, 3.8) is 0 Å². The zero-order valence-electron chi connectivity index (χ0n) is 20.2. The molecule has 2 aromatic carbocycles. The van der Waals surface area contributed by atoms with E-state index in [0.29, 0.717) is 30.2 Å². The zero-order chi connectivity index (χ0) is 25.5. The number of anilines is 1. The number of ether oxygens (including phenoxy) is 1. The van der Waals surface area contributed by atoms with Crippen molar-refractivity contribution in [2.75, 3.05) is 25.5 Å². The minimum absolute atomic E-state index is 0.178. The summed E-state index contributed by atoms with van der Waals surface area (Å²) in [4.78, 5) is 21.1. The van der Waals surface area contributed by atoms with Gasteiger partial charge in [0.25, 0.3) is 0 Å². The number of para-hydroxylation sites is 1. The van der Waals surface area contributed by atoms with Crippen molar-refractivity contribution < 1.29 is 19.7 Å². The highest BCUT2D eigenvalue weighted by Gasteiger charge is 2.27. The van der Waals surface area contributed by atoms with Crippen molar-refractivity contribution >= 4 is 22.8 Å². The van der Waals surface area contributed by atoms with Crippen LogP contribution in [0.3, 0.4) is 0 Å².